The third-order valence-corrected chi connectivity index (χ3v) is 3.72. The Balaban J connectivity index is 2.06. The van der Waals surface area contributed by atoms with E-state index in [0.717, 1.165) is 24.6 Å². The molecule has 0 spiro atoms. The number of hydrogen-bond donors (Lipinski definition) is 0. The topological polar surface area (TPSA) is 22.1 Å². The van der Waals surface area contributed by atoms with Gasteiger partial charge in [0.2, 0.25) is 5.96 Å². The lowest BCUT2D eigenvalue weighted by molar-refractivity contribution is 0.450. The number of anilines is 1. The molecule has 2 aliphatic heterocycles. The lowest BCUT2D eigenvalue weighted by Crippen LogP contribution is -2.47. The van der Waals surface area contributed by atoms with Crippen LogP contribution in [0.3, 0.4) is 0 Å². The molecule has 0 aliphatic carbocycles. The zero-order valence-electron chi connectivity index (χ0n) is 12.7. The Morgan fingerprint density at radius 1 is 1.30 bits per heavy atom. The minimum atomic E-state index is 0.969. The van der Waals surface area contributed by atoms with Crippen molar-refractivity contribution < 1.29 is 0 Å². The van der Waals surface area contributed by atoms with E-state index >= 15 is 0 Å². The number of nitrogens with zero attached hydrogens (tertiary/aromatic N) is 4. The molecule has 0 bridgehead atoms. The second-order valence-corrected chi connectivity index (χ2v) is 5.74. The van der Waals surface area contributed by atoms with Crippen LogP contribution >= 0.6 is 0 Å². The highest BCUT2D eigenvalue weighted by molar-refractivity contribution is 5.91. The number of aliphatic imine (C=N–C) groups is 1. The fourth-order valence-electron chi connectivity index (χ4n) is 2.78. The van der Waals surface area contributed by atoms with Crippen LogP contribution in [0, 0.1) is 6.92 Å². The Morgan fingerprint density at radius 2 is 2.10 bits per heavy atom. The molecule has 2 heterocycles. The molecule has 0 fully saturated rings. The van der Waals surface area contributed by atoms with Crippen molar-refractivity contribution in [1.29, 1.82) is 0 Å². The zero-order chi connectivity index (χ0) is 14.3. The van der Waals surface area contributed by atoms with E-state index in [1.54, 1.807) is 0 Å². The average molecular weight is 270 g/mol. The zero-order valence-corrected chi connectivity index (χ0v) is 12.7. The molecular weight excluding hydrogens is 248 g/mol. The van der Waals surface area contributed by atoms with Gasteiger partial charge in [0.15, 0.2) is 0 Å². The highest BCUT2D eigenvalue weighted by Crippen LogP contribution is 2.38. The van der Waals surface area contributed by atoms with Crippen molar-refractivity contribution >= 4 is 17.3 Å². The van der Waals surface area contributed by atoms with Crippen LogP contribution in [0.4, 0.5) is 11.4 Å². The molecule has 2 aliphatic rings. The quantitative estimate of drug-likeness (QED) is 0.823. The molecule has 1 aromatic rings. The van der Waals surface area contributed by atoms with E-state index in [0.29, 0.717) is 0 Å². The van der Waals surface area contributed by atoms with Gasteiger partial charge in [0.25, 0.3) is 0 Å². The summed E-state index contributed by atoms with van der Waals surface area (Å²) >= 11 is 0. The molecule has 0 amide bonds. The van der Waals surface area contributed by atoms with Gasteiger partial charge in [-0.2, -0.15) is 0 Å². The summed E-state index contributed by atoms with van der Waals surface area (Å²) in [6.07, 6.45) is 4.57. The van der Waals surface area contributed by atoms with Crippen molar-refractivity contribution in [1.82, 2.24) is 9.91 Å². The van der Waals surface area contributed by atoms with Crippen molar-refractivity contribution in [2.75, 3.05) is 25.6 Å². The Hall–Kier alpha value is -1.97. The van der Waals surface area contributed by atoms with Crippen LogP contribution in [0.5, 0.6) is 0 Å². The summed E-state index contributed by atoms with van der Waals surface area (Å²) in [4.78, 5) is 6.88. The van der Waals surface area contributed by atoms with Gasteiger partial charge < -0.3 is 4.90 Å². The van der Waals surface area contributed by atoms with Gasteiger partial charge in [0.1, 0.15) is 0 Å². The predicted octanol–water partition coefficient (Wildman–Crippen LogP) is 3.28. The normalized spacial score (nSPS) is 16.6. The highest BCUT2D eigenvalue weighted by Gasteiger charge is 2.32. The second-order valence-electron chi connectivity index (χ2n) is 5.74. The largest absolute Gasteiger partial charge is 0.347 e. The fourth-order valence-corrected chi connectivity index (χ4v) is 2.78. The van der Waals surface area contributed by atoms with Crippen LogP contribution in [0.25, 0.3) is 0 Å². The Kier molecular flexibility index (Phi) is 3.16. The van der Waals surface area contributed by atoms with Crippen LogP contribution in [0.15, 0.2) is 35.0 Å². The van der Waals surface area contributed by atoms with E-state index in [4.69, 9.17) is 4.99 Å². The molecule has 0 atom stereocenters. The molecular formula is C16H22N4. The van der Waals surface area contributed by atoms with Crippen molar-refractivity contribution in [2.24, 2.45) is 4.99 Å². The first-order valence-electron chi connectivity index (χ1n) is 7.23. The maximum Gasteiger partial charge on any atom is 0.224 e. The van der Waals surface area contributed by atoms with Gasteiger partial charge in [-0.3, -0.25) is 5.01 Å². The summed E-state index contributed by atoms with van der Waals surface area (Å²) in [5.74, 6) is 0.979. The van der Waals surface area contributed by atoms with Gasteiger partial charge in [-0.25, -0.2) is 10.0 Å². The summed E-state index contributed by atoms with van der Waals surface area (Å²) in [5, 5.41) is 4.52. The fraction of sp³-hybridized carbons (Fsp3) is 0.438. The third-order valence-electron chi connectivity index (χ3n) is 3.72. The van der Waals surface area contributed by atoms with Gasteiger partial charge in [-0.1, -0.05) is 19.4 Å². The number of hydrogen-bond acceptors (Lipinski definition) is 4. The van der Waals surface area contributed by atoms with E-state index < -0.39 is 0 Å². The van der Waals surface area contributed by atoms with E-state index in [1.807, 2.05) is 14.1 Å². The van der Waals surface area contributed by atoms with Gasteiger partial charge in [-0.05, 0) is 36.6 Å². The predicted molar refractivity (Wildman–Crippen MR) is 84.1 cm³/mol. The van der Waals surface area contributed by atoms with E-state index in [-0.39, 0.29) is 0 Å². The van der Waals surface area contributed by atoms with Crippen LogP contribution < -0.4 is 5.01 Å². The summed E-state index contributed by atoms with van der Waals surface area (Å²) < 4.78 is 0. The van der Waals surface area contributed by atoms with Crippen LogP contribution in [-0.4, -0.2) is 36.5 Å². The molecule has 0 unspecified atom stereocenters. The Bertz CT molecular complexity index is 586. The number of fused-ring (bicyclic) bond motifs is 3. The molecule has 4 nitrogen and oxygen atoms in total. The standard InChI is InChI=1S/C16H22N4/c1-5-6-13-10-19-15-9-12(2)7-8-14(15)17-16(18(3)4)20(19)11-13/h7-9,11H,5-6,10H2,1-4H3. The molecule has 4 heteroatoms. The van der Waals surface area contributed by atoms with Gasteiger partial charge in [-0.15, -0.1) is 0 Å². The maximum atomic E-state index is 4.81. The maximum absolute atomic E-state index is 4.81. The minimum absolute atomic E-state index is 0.969. The Labute approximate surface area is 121 Å². The number of guanidine groups is 1. The molecule has 1 aromatic carbocycles. The lowest BCUT2D eigenvalue weighted by atomic mass is 10.1. The van der Waals surface area contributed by atoms with Crippen molar-refractivity contribution in [3.05, 3.63) is 35.5 Å². The SMILES string of the molecule is CCCC1=CN2C(N(C)C)=Nc3ccc(C)cc3N2C1. The van der Waals surface area contributed by atoms with Crippen molar-refractivity contribution in [3.8, 4) is 0 Å². The molecule has 0 radical (unpaired) electrons. The van der Waals surface area contributed by atoms with E-state index in [9.17, 15) is 0 Å². The number of aryl methyl sites for hydroxylation is 1. The van der Waals surface area contributed by atoms with Crippen molar-refractivity contribution in [3.63, 3.8) is 0 Å². The number of rotatable bonds is 2. The summed E-state index contributed by atoms with van der Waals surface area (Å²) in [7, 11) is 4.09. The van der Waals surface area contributed by atoms with Gasteiger partial charge >= 0.3 is 0 Å². The first-order chi connectivity index (χ1) is 9.60. The lowest BCUT2D eigenvalue weighted by Gasteiger charge is -2.38. The average Bonchev–Trinajstić information content (AvgIpc) is 2.82. The molecule has 0 aromatic heterocycles. The summed E-state index contributed by atoms with van der Waals surface area (Å²) in [5.41, 5.74) is 5.01. The molecule has 0 saturated carbocycles. The number of hydrazine groups is 1. The number of benzene rings is 1. The second kappa shape index (κ2) is 4.85. The molecule has 106 valence electrons. The smallest absolute Gasteiger partial charge is 0.224 e. The Morgan fingerprint density at radius 3 is 2.80 bits per heavy atom. The summed E-state index contributed by atoms with van der Waals surface area (Å²) in [6.45, 7) is 5.33. The van der Waals surface area contributed by atoms with Gasteiger partial charge in [0, 0.05) is 20.3 Å². The highest BCUT2D eigenvalue weighted by atomic mass is 15.7. The first kappa shape index (κ1) is 13.0. The van der Waals surface area contributed by atoms with E-state index in [2.05, 4.69) is 53.2 Å². The van der Waals surface area contributed by atoms with Crippen LogP contribution in [0.1, 0.15) is 25.3 Å². The van der Waals surface area contributed by atoms with E-state index in [1.165, 1.54) is 23.2 Å². The monoisotopic (exact) mass is 270 g/mol. The molecule has 20 heavy (non-hydrogen) atoms. The van der Waals surface area contributed by atoms with Gasteiger partial charge in [0.05, 0.1) is 17.9 Å². The molecule has 0 N–H and O–H groups in total. The van der Waals surface area contributed by atoms with Crippen molar-refractivity contribution in [2.45, 2.75) is 26.7 Å². The third kappa shape index (κ3) is 2.05. The molecule has 0 saturated heterocycles. The molecule has 3 rings (SSSR count). The minimum Gasteiger partial charge on any atom is -0.347 e. The first-order valence-corrected chi connectivity index (χ1v) is 7.23. The summed E-state index contributed by atoms with van der Waals surface area (Å²) in [6, 6.07) is 6.46. The van der Waals surface area contributed by atoms with Crippen LogP contribution in [0.2, 0.25) is 0 Å². The van der Waals surface area contributed by atoms with Crippen LogP contribution in [-0.2, 0) is 0 Å².